The molecule has 0 aliphatic carbocycles. The Morgan fingerprint density at radius 3 is 1.85 bits per heavy atom. The molecule has 3 heterocycles. The van der Waals surface area contributed by atoms with E-state index in [1.807, 2.05) is 4.90 Å². The molecule has 0 aromatic carbocycles. The molecule has 0 amide bonds. The highest BCUT2D eigenvalue weighted by atomic mass is 16.6. The van der Waals surface area contributed by atoms with E-state index >= 15 is 0 Å². The molecule has 26 heavy (non-hydrogen) atoms. The van der Waals surface area contributed by atoms with Gasteiger partial charge in [0, 0.05) is 26.2 Å². The number of nitrogens with zero attached hydrogens (tertiary/aromatic N) is 5. The number of rotatable bonds is 3. The van der Waals surface area contributed by atoms with Gasteiger partial charge in [-0.2, -0.15) is 9.97 Å². The van der Waals surface area contributed by atoms with Crippen LogP contribution >= 0.6 is 0 Å². The summed E-state index contributed by atoms with van der Waals surface area (Å²) < 4.78 is 0. The molecule has 0 saturated carbocycles. The Kier molecular flexibility index (Phi) is 5.20. The Balaban J connectivity index is 2.01. The predicted molar refractivity (Wildman–Crippen MR) is 103 cm³/mol. The van der Waals surface area contributed by atoms with Gasteiger partial charge in [0.15, 0.2) is 0 Å². The third-order valence-electron chi connectivity index (χ3n) is 5.38. The van der Waals surface area contributed by atoms with Crippen LogP contribution in [0.15, 0.2) is 0 Å². The van der Waals surface area contributed by atoms with Crippen molar-refractivity contribution in [2.45, 2.75) is 40.5 Å². The highest BCUT2D eigenvalue weighted by molar-refractivity contribution is 5.71. The summed E-state index contributed by atoms with van der Waals surface area (Å²) in [6, 6.07) is 0. The number of nitro groups is 1. The average molecular weight is 362 g/mol. The van der Waals surface area contributed by atoms with Crippen molar-refractivity contribution in [2.75, 3.05) is 41.7 Å². The first-order chi connectivity index (χ1) is 12.2. The molecule has 0 spiro atoms. The maximum absolute atomic E-state index is 11.6. The Hall–Kier alpha value is -2.12. The van der Waals surface area contributed by atoms with Gasteiger partial charge in [-0.15, -0.1) is 0 Å². The molecular formula is C18H30N6O2. The quantitative estimate of drug-likeness (QED) is 0.651. The summed E-state index contributed by atoms with van der Waals surface area (Å²) in [7, 11) is 0. The van der Waals surface area contributed by atoms with Crippen LogP contribution in [0.4, 0.5) is 23.3 Å². The van der Waals surface area contributed by atoms with Gasteiger partial charge < -0.3 is 15.5 Å². The van der Waals surface area contributed by atoms with Crippen LogP contribution in [0.25, 0.3) is 0 Å². The molecule has 8 nitrogen and oxygen atoms in total. The zero-order valence-corrected chi connectivity index (χ0v) is 16.2. The van der Waals surface area contributed by atoms with E-state index in [0.717, 1.165) is 32.6 Å². The molecule has 2 saturated heterocycles. The van der Waals surface area contributed by atoms with Crippen molar-refractivity contribution >= 4 is 23.3 Å². The fourth-order valence-corrected chi connectivity index (χ4v) is 4.65. The van der Waals surface area contributed by atoms with E-state index in [2.05, 4.69) is 42.6 Å². The monoisotopic (exact) mass is 362 g/mol. The Labute approximate surface area is 154 Å². The lowest BCUT2D eigenvalue weighted by atomic mass is 9.92. The van der Waals surface area contributed by atoms with Gasteiger partial charge in [0.25, 0.3) is 0 Å². The minimum absolute atomic E-state index is 0.0354. The van der Waals surface area contributed by atoms with Crippen molar-refractivity contribution in [1.29, 1.82) is 0 Å². The fourth-order valence-electron chi connectivity index (χ4n) is 4.65. The molecule has 144 valence electrons. The molecule has 2 aliphatic heterocycles. The van der Waals surface area contributed by atoms with E-state index in [-0.39, 0.29) is 11.5 Å². The molecule has 8 heteroatoms. The van der Waals surface area contributed by atoms with Crippen LogP contribution in [0.5, 0.6) is 0 Å². The van der Waals surface area contributed by atoms with Gasteiger partial charge in [0.1, 0.15) is 0 Å². The summed E-state index contributed by atoms with van der Waals surface area (Å²) in [6.07, 6.45) is 2.30. The van der Waals surface area contributed by atoms with Crippen molar-refractivity contribution in [2.24, 2.45) is 23.7 Å². The van der Waals surface area contributed by atoms with Gasteiger partial charge >= 0.3 is 5.69 Å². The summed E-state index contributed by atoms with van der Waals surface area (Å²) in [5.41, 5.74) is 5.87. The zero-order chi connectivity index (χ0) is 19.0. The third kappa shape index (κ3) is 3.83. The second kappa shape index (κ2) is 7.25. The smallest absolute Gasteiger partial charge is 0.353 e. The number of piperidine rings is 2. The van der Waals surface area contributed by atoms with E-state index in [0.29, 0.717) is 35.4 Å². The molecule has 3 rings (SSSR count). The number of hydrogen-bond donors (Lipinski definition) is 1. The van der Waals surface area contributed by atoms with Gasteiger partial charge in [-0.05, 0) is 36.5 Å². The lowest BCUT2D eigenvalue weighted by molar-refractivity contribution is -0.383. The van der Waals surface area contributed by atoms with Gasteiger partial charge in [0.2, 0.25) is 17.6 Å². The van der Waals surface area contributed by atoms with Crippen molar-refractivity contribution < 1.29 is 4.92 Å². The first kappa shape index (κ1) is 18.7. The van der Waals surface area contributed by atoms with Crippen molar-refractivity contribution in [3.05, 3.63) is 10.1 Å². The Bertz CT molecular complexity index is 662. The van der Waals surface area contributed by atoms with Crippen LogP contribution in [-0.4, -0.2) is 41.1 Å². The second-order valence-corrected chi connectivity index (χ2v) is 8.54. The van der Waals surface area contributed by atoms with E-state index in [9.17, 15) is 10.1 Å². The van der Waals surface area contributed by atoms with Crippen LogP contribution in [0.2, 0.25) is 0 Å². The molecule has 0 radical (unpaired) electrons. The molecule has 0 bridgehead atoms. The lowest BCUT2D eigenvalue weighted by Gasteiger charge is -2.37. The van der Waals surface area contributed by atoms with E-state index in [1.54, 1.807) is 0 Å². The maximum atomic E-state index is 11.6. The molecule has 1 aromatic heterocycles. The van der Waals surface area contributed by atoms with Crippen LogP contribution in [-0.2, 0) is 0 Å². The minimum atomic E-state index is -0.445. The van der Waals surface area contributed by atoms with E-state index in [1.165, 1.54) is 6.42 Å². The van der Waals surface area contributed by atoms with Gasteiger partial charge in [0.05, 0.1) is 4.92 Å². The van der Waals surface area contributed by atoms with Crippen molar-refractivity contribution in [3.63, 3.8) is 0 Å². The molecule has 4 atom stereocenters. The molecule has 2 fully saturated rings. The maximum Gasteiger partial charge on any atom is 0.353 e. The summed E-state index contributed by atoms with van der Waals surface area (Å²) >= 11 is 0. The summed E-state index contributed by atoms with van der Waals surface area (Å²) in [6.45, 7) is 12.0. The summed E-state index contributed by atoms with van der Waals surface area (Å²) in [4.78, 5) is 24.3. The number of nitrogens with two attached hydrogens (primary N) is 1. The number of anilines is 3. The molecule has 1 aromatic rings. The van der Waals surface area contributed by atoms with Gasteiger partial charge in [-0.3, -0.25) is 10.1 Å². The lowest BCUT2D eigenvalue weighted by Crippen LogP contribution is -2.42. The second-order valence-electron chi connectivity index (χ2n) is 8.54. The third-order valence-corrected chi connectivity index (χ3v) is 5.38. The van der Waals surface area contributed by atoms with E-state index < -0.39 is 4.92 Å². The zero-order valence-electron chi connectivity index (χ0n) is 16.2. The summed E-state index contributed by atoms with van der Waals surface area (Å²) in [5.74, 6) is 2.87. The van der Waals surface area contributed by atoms with Crippen LogP contribution < -0.4 is 15.5 Å². The molecular weight excluding hydrogens is 332 g/mol. The molecule has 2 N–H and O–H groups in total. The van der Waals surface area contributed by atoms with Crippen LogP contribution in [0, 0.1) is 33.8 Å². The number of nitrogen functional groups attached to an aromatic ring is 1. The number of aromatic nitrogens is 2. The van der Waals surface area contributed by atoms with Gasteiger partial charge in [-0.1, -0.05) is 27.7 Å². The SMILES string of the molecule is C[C@@H]1C[C@H](C)CN(c2nc(N)c([N+](=O)[O-])c(N3C[C@H](C)C[C@@H](C)C3)n2)C1. The minimum Gasteiger partial charge on any atom is -0.378 e. The highest BCUT2D eigenvalue weighted by Gasteiger charge is 2.33. The van der Waals surface area contributed by atoms with Gasteiger partial charge in [-0.25, -0.2) is 0 Å². The largest absolute Gasteiger partial charge is 0.378 e. The Morgan fingerprint density at radius 2 is 1.38 bits per heavy atom. The highest BCUT2D eigenvalue weighted by Crippen LogP contribution is 2.37. The van der Waals surface area contributed by atoms with E-state index in [4.69, 9.17) is 5.73 Å². The first-order valence-corrected chi connectivity index (χ1v) is 9.56. The number of hydrogen-bond acceptors (Lipinski definition) is 7. The van der Waals surface area contributed by atoms with Crippen molar-refractivity contribution in [3.8, 4) is 0 Å². The molecule has 0 unspecified atom stereocenters. The van der Waals surface area contributed by atoms with Crippen LogP contribution in [0.1, 0.15) is 40.5 Å². The van der Waals surface area contributed by atoms with Crippen LogP contribution in [0.3, 0.4) is 0 Å². The topological polar surface area (TPSA) is 101 Å². The fraction of sp³-hybridized carbons (Fsp3) is 0.778. The average Bonchev–Trinajstić information content (AvgIpc) is 2.51. The standard InChI is InChI=1S/C18H30N6O2/c1-11-5-12(2)8-22(7-11)17-15(24(25)26)16(19)20-18(21-17)23-9-13(3)6-14(4)10-23/h11-14H,5-10H2,1-4H3,(H2,19,20,21)/t11-,12-,13-,14+/m1/s1. The normalized spacial score (nSPS) is 29.7. The summed E-state index contributed by atoms with van der Waals surface area (Å²) in [5, 5.41) is 11.6. The first-order valence-electron chi connectivity index (χ1n) is 9.56. The Morgan fingerprint density at radius 1 is 0.923 bits per heavy atom. The van der Waals surface area contributed by atoms with Crippen molar-refractivity contribution in [1.82, 2.24) is 9.97 Å². The molecule has 2 aliphatic rings. The predicted octanol–water partition coefficient (Wildman–Crippen LogP) is 2.93.